The van der Waals surface area contributed by atoms with Crippen LogP contribution in [0.3, 0.4) is 0 Å². The number of ether oxygens (including phenoxy) is 1. The van der Waals surface area contributed by atoms with Gasteiger partial charge in [-0.05, 0) is 30.2 Å². The molecule has 2 heterocycles. The molecule has 0 aliphatic rings. The molecule has 0 atom stereocenters. The van der Waals surface area contributed by atoms with Gasteiger partial charge < -0.3 is 10.1 Å². The van der Waals surface area contributed by atoms with Gasteiger partial charge in [0.2, 0.25) is 0 Å². The third kappa shape index (κ3) is 3.80. The van der Waals surface area contributed by atoms with Gasteiger partial charge in [-0.15, -0.1) is 0 Å². The Kier molecular flexibility index (Phi) is 5.07. The molecule has 27 heavy (non-hydrogen) atoms. The number of para-hydroxylation sites is 1. The van der Waals surface area contributed by atoms with Crippen LogP contribution in [0.4, 0.5) is 5.82 Å². The zero-order valence-corrected chi connectivity index (χ0v) is 15.2. The van der Waals surface area contributed by atoms with Crippen LogP contribution in [0.2, 0.25) is 0 Å². The monoisotopic (exact) mass is 359 g/mol. The van der Waals surface area contributed by atoms with E-state index in [-0.39, 0.29) is 0 Å². The smallest absolute Gasteiger partial charge is 0.168 e. The van der Waals surface area contributed by atoms with Gasteiger partial charge in [-0.1, -0.05) is 42.5 Å². The van der Waals surface area contributed by atoms with Crippen molar-refractivity contribution in [3.8, 4) is 5.69 Å². The quantitative estimate of drug-likeness (QED) is 0.541. The second kappa shape index (κ2) is 7.97. The second-order valence-corrected chi connectivity index (χ2v) is 6.16. The maximum atomic E-state index is 5.43. The molecular weight excluding hydrogens is 338 g/mol. The molecule has 6 nitrogen and oxygen atoms in total. The van der Waals surface area contributed by atoms with Crippen LogP contribution in [0.5, 0.6) is 0 Å². The molecule has 0 bridgehead atoms. The zero-order chi connectivity index (χ0) is 18.5. The van der Waals surface area contributed by atoms with Crippen molar-refractivity contribution in [2.75, 3.05) is 11.9 Å². The van der Waals surface area contributed by atoms with Crippen molar-refractivity contribution in [2.45, 2.75) is 20.1 Å². The van der Waals surface area contributed by atoms with Crippen LogP contribution >= 0.6 is 0 Å². The Hall–Kier alpha value is -3.25. The fourth-order valence-electron chi connectivity index (χ4n) is 2.90. The maximum Gasteiger partial charge on any atom is 0.168 e. The third-order valence-corrected chi connectivity index (χ3v) is 4.32. The lowest BCUT2D eigenvalue weighted by Gasteiger charge is -2.08. The van der Waals surface area contributed by atoms with Crippen molar-refractivity contribution < 1.29 is 4.74 Å². The molecule has 0 fully saturated rings. The molecule has 0 amide bonds. The summed E-state index contributed by atoms with van der Waals surface area (Å²) in [6.45, 7) is 4.05. The van der Waals surface area contributed by atoms with E-state index >= 15 is 0 Å². The van der Waals surface area contributed by atoms with Gasteiger partial charge in [-0.2, -0.15) is 5.10 Å². The fourth-order valence-corrected chi connectivity index (χ4v) is 2.90. The lowest BCUT2D eigenvalue weighted by atomic mass is 10.1. The summed E-state index contributed by atoms with van der Waals surface area (Å²) >= 11 is 0. The summed E-state index contributed by atoms with van der Waals surface area (Å²) < 4.78 is 7.26. The number of hydrogen-bond acceptors (Lipinski definition) is 5. The van der Waals surface area contributed by atoms with Crippen molar-refractivity contribution in [3.63, 3.8) is 0 Å². The summed E-state index contributed by atoms with van der Waals surface area (Å²) in [6, 6.07) is 18.4. The van der Waals surface area contributed by atoms with E-state index < -0.39 is 0 Å². The molecule has 0 radical (unpaired) electrons. The standard InChI is InChI=1S/C21H21N5O/c1-2-27-14-17-10-8-16(9-11-17)12-22-20-19-13-25-26(21(19)24-15-23-20)18-6-4-3-5-7-18/h3-11,13,15H,2,12,14H2,1H3,(H,22,23,24). The van der Waals surface area contributed by atoms with Crippen molar-refractivity contribution in [3.05, 3.63) is 78.2 Å². The number of rotatable bonds is 7. The SMILES string of the molecule is CCOCc1ccc(CNc2ncnc3c2cnn3-c2ccccc2)cc1. The highest BCUT2D eigenvalue weighted by molar-refractivity contribution is 5.87. The number of anilines is 1. The van der Waals surface area contributed by atoms with Crippen LogP contribution in [0.15, 0.2) is 67.1 Å². The van der Waals surface area contributed by atoms with E-state index in [0.717, 1.165) is 29.1 Å². The van der Waals surface area contributed by atoms with Crippen molar-refractivity contribution in [1.29, 1.82) is 0 Å². The average molecular weight is 359 g/mol. The summed E-state index contributed by atoms with van der Waals surface area (Å²) in [5.41, 5.74) is 4.11. The highest BCUT2D eigenvalue weighted by atomic mass is 16.5. The Bertz CT molecular complexity index is 1010. The molecule has 4 aromatic rings. The Morgan fingerprint density at radius 3 is 2.52 bits per heavy atom. The summed E-state index contributed by atoms with van der Waals surface area (Å²) in [5.74, 6) is 0.778. The minimum Gasteiger partial charge on any atom is -0.377 e. The van der Waals surface area contributed by atoms with Crippen molar-refractivity contribution in [2.24, 2.45) is 0 Å². The van der Waals surface area contributed by atoms with Crippen LogP contribution in [-0.2, 0) is 17.9 Å². The lowest BCUT2D eigenvalue weighted by molar-refractivity contribution is 0.134. The second-order valence-electron chi connectivity index (χ2n) is 6.16. The van der Waals surface area contributed by atoms with Gasteiger partial charge in [0.15, 0.2) is 5.65 Å². The highest BCUT2D eigenvalue weighted by Crippen LogP contribution is 2.22. The molecule has 0 aliphatic carbocycles. The first-order valence-corrected chi connectivity index (χ1v) is 8.98. The summed E-state index contributed by atoms with van der Waals surface area (Å²) in [7, 11) is 0. The van der Waals surface area contributed by atoms with Crippen molar-refractivity contribution in [1.82, 2.24) is 19.7 Å². The van der Waals surface area contributed by atoms with Crippen LogP contribution in [-0.4, -0.2) is 26.4 Å². The predicted octanol–water partition coefficient (Wildman–Crippen LogP) is 3.96. The fraction of sp³-hybridized carbons (Fsp3) is 0.190. The minimum atomic E-state index is 0.648. The van der Waals surface area contributed by atoms with Crippen LogP contribution in [0.25, 0.3) is 16.7 Å². The van der Waals surface area contributed by atoms with E-state index in [2.05, 4.69) is 44.6 Å². The van der Waals surface area contributed by atoms with Gasteiger partial charge in [-0.25, -0.2) is 14.6 Å². The normalized spacial score (nSPS) is 11.0. The third-order valence-electron chi connectivity index (χ3n) is 4.32. The van der Waals surface area contributed by atoms with Gasteiger partial charge in [0.1, 0.15) is 12.1 Å². The maximum absolute atomic E-state index is 5.43. The van der Waals surface area contributed by atoms with Crippen LogP contribution in [0, 0.1) is 0 Å². The summed E-state index contributed by atoms with van der Waals surface area (Å²) in [5, 5.41) is 8.77. The summed E-state index contributed by atoms with van der Waals surface area (Å²) in [4.78, 5) is 8.80. The van der Waals surface area contributed by atoms with E-state index in [0.29, 0.717) is 13.2 Å². The van der Waals surface area contributed by atoms with Gasteiger partial charge >= 0.3 is 0 Å². The Morgan fingerprint density at radius 1 is 0.963 bits per heavy atom. The number of fused-ring (bicyclic) bond motifs is 1. The first-order valence-electron chi connectivity index (χ1n) is 8.98. The molecule has 1 N–H and O–H groups in total. The van der Waals surface area contributed by atoms with Gasteiger partial charge in [0.25, 0.3) is 0 Å². The van der Waals surface area contributed by atoms with E-state index in [1.165, 1.54) is 11.1 Å². The van der Waals surface area contributed by atoms with E-state index in [1.807, 2.05) is 41.9 Å². The predicted molar refractivity (Wildman–Crippen MR) is 106 cm³/mol. The Balaban J connectivity index is 1.52. The number of aromatic nitrogens is 4. The minimum absolute atomic E-state index is 0.648. The molecule has 0 saturated carbocycles. The molecule has 2 aromatic heterocycles. The molecule has 4 rings (SSSR count). The Labute approximate surface area is 157 Å². The molecular formula is C21H21N5O. The molecule has 0 aliphatic heterocycles. The molecule has 6 heteroatoms. The zero-order valence-electron chi connectivity index (χ0n) is 15.2. The molecule has 0 unspecified atom stereocenters. The lowest BCUT2D eigenvalue weighted by Crippen LogP contribution is -2.03. The van der Waals surface area contributed by atoms with Gasteiger partial charge in [0.05, 0.1) is 23.9 Å². The van der Waals surface area contributed by atoms with Gasteiger partial charge in [-0.3, -0.25) is 0 Å². The molecule has 136 valence electrons. The first-order chi connectivity index (χ1) is 13.3. The van der Waals surface area contributed by atoms with Crippen LogP contribution in [0.1, 0.15) is 18.1 Å². The average Bonchev–Trinajstić information content (AvgIpc) is 3.17. The van der Waals surface area contributed by atoms with Crippen molar-refractivity contribution >= 4 is 16.9 Å². The van der Waals surface area contributed by atoms with E-state index in [9.17, 15) is 0 Å². The number of hydrogen-bond donors (Lipinski definition) is 1. The molecule has 0 spiro atoms. The van der Waals surface area contributed by atoms with E-state index in [4.69, 9.17) is 4.74 Å². The molecule has 0 saturated heterocycles. The Morgan fingerprint density at radius 2 is 1.74 bits per heavy atom. The molecule has 2 aromatic carbocycles. The summed E-state index contributed by atoms with van der Waals surface area (Å²) in [6.07, 6.45) is 3.37. The topological polar surface area (TPSA) is 64.9 Å². The number of nitrogens with one attached hydrogen (secondary N) is 1. The van der Waals surface area contributed by atoms with Crippen LogP contribution < -0.4 is 5.32 Å². The largest absolute Gasteiger partial charge is 0.377 e. The van der Waals surface area contributed by atoms with Gasteiger partial charge in [0, 0.05) is 13.2 Å². The number of nitrogens with zero attached hydrogens (tertiary/aromatic N) is 4. The number of benzene rings is 2. The first kappa shape index (κ1) is 17.2. The highest BCUT2D eigenvalue weighted by Gasteiger charge is 2.10. The van der Waals surface area contributed by atoms with E-state index in [1.54, 1.807) is 12.5 Å².